The highest BCUT2D eigenvalue weighted by Crippen LogP contribution is 2.23. The van der Waals surface area contributed by atoms with E-state index < -0.39 is 0 Å². The van der Waals surface area contributed by atoms with E-state index in [9.17, 15) is 4.79 Å². The SMILES string of the molecule is CN=C(NCCCOC1CCOC1)NCCNC(=O)C1CCCCC1.I. The summed E-state index contributed by atoms with van der Waals surface area (Å²) in [5, 5.41) is 9.51. The second-order valence-electron chi connectivity index (χ2n) is 6.76. The lowest BCUT2D eigenvalue weighted by molar-refractivity contribution is -0.125. The third-order valence-corrected chi connectivity index (χ3v) is 4.77. The molecule has 8 heteroatoms. The lowest BCUT2D eigenvalue weighted by Gasteiger charge is -2.21. The van der Waals surface area contributed by atoms with Gasteiger partial charge in [-0.05, 0) is 25.7 Å². The molecule has 2 rings (SSSR count). The number of amides is 1. The lowest BCUT2D eigenvalue weighted by atomic mass is 9.89. The van der Waals surface area contributed by atoms with Crippen molar-refractivity contribution in [3.05, 3.63) is 0 Å². The highest BCUT2D eigenvalue weighted by atomic mass is 127. The maximum Gasteiger partial charge on any atom is 0.223 e. The molecule has 2 aliphatic rings. The average molecular weight is 482 g/mol. The smallest absolute Gasteiger partial charge is 0.223 e. The summed E-state index contributed by atoms with van der Waals surface area (Å²) < 4.78 is 11.0. The minimum atomic E-state index is 0. The van der Waals surface area contributed by atoms with Crippen LogP contribution in [0.2, 0.25) is 0 Å². The second-order valence-corrected chi connectivity index (χ2v) is 6.76. The number of hydrogen-bond acceptors (Lipinski definition) is 4. The van der Waals surface area contributed by atoms with E-state index in [0.717, 1.165) is 58.0 Å². The van der Waals surface area contributed by atoms with Crippen molar-refractivity contribution in [3.63, 3.8) is 0 Å². The van der Waals surface area contributed by atoms with Gasteiger partial charge in [0, 0.05) is 45.8 Å². The zero-order valence-corrected chi connectivity index (χ0v) is 18.3. The number of aliphatic imine (C=N–C) groups is 1. The maximum absolute atomic E-state index is 12.1. The standard InChI is InChI=1S/C18H34N4O3.HI/c1-19-18(21-9-5-12-25-16-8-13-24-14-16)22-11-10-20-17(23)15-6-3-2-4-7-15;/h15-16H,2-14H2,1H3,(H,20,23)(H2,19,21,22);1H. The van der Waals surface area contributed by atoms with Gasteiger partial charge in [0.05, 0.1) is 12.7 Å². The first kappa shape index (κ1) is 23.4. The van der Waals surface area contributed by atoms with Crippen molar-refractivity contribution in [2.75, 3.05) is 46.5 Å². The van der Waals surface area contributed by atoms with Crippen molar-refractivity contribution < 1.29 is 14.3 Å². The van der Waals surface area contributed by atoms with Gasteiger partial charge in [-0.3, -0.25) is 9.79 Å². The Labute approximate surface area is 174 Å². The minimum Gasteiger partial charge on any atom is -0.379 e. The van der Waals surface area contributed by atoms with Gasteiger partial charge in [-0.2, -0.15) is 0 Å². The first-order valence-electron chi connectivity index (χ1n) is 9.71. The van der Waals surface area contributed by atoms with Crippen LogP contribution in [0, 0.1) is 5.92 Å². The van der Waals surface area contributed by atoms with E-state index in [1.807, 2.05) is 0 Å². The molecule has 0 aromatic rings. The van der Waals surface area contributed by atoms with Crippen LogP contribution in [0.3, 0.4) is 0 Å². The van der Waals surface area contributed by atoms with Gasteiger partial charge < -0.3 is 25.4 Å². The topological polar surface area (TPSA) is 84.0 Å². The van der Waals surface area contributed by atoms with Crippen LogP contribution in [-0.2, 0) is 14.3 Å². The molecule has 1 aliphatic heterocycles. The summed E-state index contributed by atoms with van der Waals surface area (Å²) in [5.74, 6) is 1.19. The first-order valence-corrected chi connectivity index (χ1v) is 9.71. The van der Waals surface area contributed by atoms with Gasteiger partial charge in [0.15, 0.2) is 5.96 Å². The highest BCUT2D eigenvalue weighted by Gasteiger charge is 2.20. The van der Waals surface area contributed by atoms with Crippen molar-refractivity contribution in [1.29, 1.82) is 0 Å². The van der Waals surface area contributed by atoms with E-state index in [1.165, 1.54) is 19.3 Å². The number of nitrogens with zero attached hydrogens (tertiary/aromatic N) is 1. The summed E-state index contributed by atoms with van der Waals surface area (Å²) >= 11 is 0. The third-order valence-electron chi connectivity index (χ3n) is 4.77. The fourth-order valence-corrected chi connectivity index (χ4v) is 3.27. The van der Waals surface area contributed by atoms with E-state index in [2.05, 4.69) is 20.9 Å². The largest absolute Gasteiger partial charge is 0.379 e. The van der Waals surface area contributed by atoms with Crippen LogP contribution in [0.25, 0.3) is 0 Å². The van der Waals surface area contributed by atoms with Crippen LogP contribution in [0.4, 0.5) is 0 Å². The molecule has 0 aromatic carbocycles. The van der Waals surface area contributed by atoms with Crippen LogP contribution in [-0.4, -0.2) is 64.5 Å². The first-order chi connectivity index (χ1) is 12.3. The second kappa shape index (κ2) is 14.4. The lowest BCUT2D eigenvalue weighted by Crippen LogP contribution is -2.43. The Morgan fingerprint density at radius 2 is 1.81 bits per heavy atom. The van der Waals surface area contributed by atoms with Gasteiger partial charge in [-0.25, -0.2) is 0 Å². The number of carbonyl (C=O) groups is 1. The molecule has 3 N–H and O–H groups in total. The molecule has 26 heavy (non-hydrogen) atoms. The Morgan fingerprint density at radius 1 is 1.08 bits per heavy atom. The van der Waals surface area contributed by atoms with Crippen LogP contribution in [0.1, 0.15) is 44.9 Å². The van der Waals surface area contributed by atoms with E-state index in [0.29, 0.717) is 13.1 Å². The minimum absolute atomic E-state index is 0. The molecule has 0 radical (unpaired) electrons. The summed E-state index contributed by atoms with van der Waals surface area (Å²) in [6.07, 6.45) is 7.92. The summed E-state index contributed by atoms with van der Waals surface area (Å²) in [6, 6.07) is 0. The fraction of sp³-hybridized carbons (Fsp3) is 0.889. The number of rotatable bonds is 9. The quantitative estimate of drug-likeness (QED) is 0.202. The van der Waals surface area contributed by atoms with Gasteiger partial charge in [-0.15, -0.1) is 24.0 Å². The Bertz CT molecular complexity index is 411. The number of guanidine groups is 1. The third kappa shape index (κ3) is 9.36. The molecule has 7 nitrogen and oxygen atoms in total. The molecule has 1 saturated carbocycles. The maximum atomic E-state index is 12.1. The molecule has 2 fully saturated rings. The number of carbonyl (C=O) groups excluding carboxylic acids is 1. The molecule has 1 atom stereocenters. The Kier molecular flexibility index (Phi) is 13.0. The highest BCUT2D eigenvalue weighted by molar-refractivity contribution is 14.0. The summed E-state index contributed by atoms with van der Waals surface area (Å²) in [7, 11) is 1.75. The van der Waals surface area contributed by atoms with Gasteiger partial charge in [0.1, 0.15) is 0 Å². The van der Waals surface area contributed by atoms with Crippen molar-refractivity contribution in [2.45, 2.75) is 51.0 Å². The Hall–Kier alpha value is -0.610. The molecule has 0 aromatic heterocycles. The van der Waals surface area contributed by atoms with E-state index in [1.54, 1.807) is 7.05 Å². The predicted octanol–water partition coefficient (Wildman–Crippen LogP) is 1.66. The number of nitrogens with one attached hydrogen (secondary N) is 3. The number of hydrogen-bond donors (Lipinski definition) is 3. The molecule has 1 amide bonds. The van der Waals surface area contributed by atoms with Gasteiger partial charge in [0.25, 0.3) is 0 Å². The predicted molar refractivity (Wildman–Crippen MR) is 114 cm³/mol. The summed E-state index contributed by atoms with van der Waals surface area (Å²) in [4.78, 5) is 16.2. The van der Waals surface area contributed by atoms with Crippen LogP contribution >= 0.6 is 24.0 Å². The Balaban J connectivity index is 0.00000338. The van der Waals surface area contributed by atoms with Gasteiger partial charge in [0.2, 0.25) is 5.91 Å². The van der Waals surface area contributed by atoms with Gasteiger partial charge in [-0.1, -0.05) is 19.3 Å². The van der Waals surface area contributed by atoms with Crippen molar-refractivity contribution in [2.24, 2.45) is 10.9 Å². The molecule has 0 bridgehead atoms. The molecule has 1 aliphatic carbocycles. The molecular formula is C18H35IN4O3. The number of halogens is 1. The van der Waals surface area contributed by atoms with Crippen LogP contribution in [0.5, 0.6) is 0 Å². The van der Waals surface area contributed by atoms with Crippen LogP contribution < -0.4 is 16.0 Å². The van der Waals surface area contributed by atoms with Crippen molar-refractivity contribution >= 4 is 35.8 Å². The van der Waals surface area contributed by atoms with Gasteiger partial charge >= 0.3 is 0 Å². The summed E-state index contributed by atoms with van der Waals surface area (Å²) in [5.41, 5.74) is 0. The zero-order chi connectivity index (χ0) is 17.7. The molecule has 1 saturated heterocycles. The monoisotopic (exact) mass is 482 g/mol. The molecular weight excluding hydrogens is 447 g/mol. The van der Waals surface area contributed by atoms with Crippen molar-refractivity contribution in [1.82, 2.24) is 16.0 Å². The molecule has 1 heterocycles. The van der Waals surface area contributed by atoms with E-state index >= 15 is 0 Å². The molecule has 0 spiro atoms. The van der Waals surface area contributed by atoms with Crippen molar-refractivity contribution in [3.8, 4) is 0 Å². The zero-order valence-electron chi connectivity index (χ0n) is 15.9. The fourth-order valence-electron chi connectivity index (χ4n) is 3.27. The van der Waals surface area contributed by atoms with E-state index in [4.69, 9.17) is 9.47 Å². The average Bonchev–Trinajstić information content (AvgIpc) is 3.17. The van der Waals surface area contributed by atoms with Crippen LogP contribution in [0.15, 0.2) is 4.99 Å². The Morgan fingerprint density at radius 3 is 2.50 bits per heavy atom. The van der Waals surface area contributed by atoms with E-state index in [-0.39, 0.29) is 41.9 Å². The normalized spacial score (nSPS) is 21.1. The molecule has 152 valence electrons. The summed E-state index contributed by atoms with van der Waals surface area (Å²) in [6.45, 7) is 4.38. The number of ether oxygens (including phenoxy) is 2. The molecule has 1 unspecified atom stereocenters.